The van der Waals surface area contributed by atoms with E-state index in [9.17, 15) is 8.42 Å². The molecule has 1 aromatic rings. The highest BCUT2D eigenvalue weighted by Gasteiger charge is 2.33. The Morgan fingerprint density at radius 2 is 2.21 bits per heavy atom. The van der Waals surface area contributed by atoms with Crippen molar-refractivity contribution in [3.63, 3.8) is 0 Å². The van der Waals surface area contributed by atoms with Crippen molar-refractivity contribution in [1.82, 2.24) is 10.0 Å². The van der Waals surface area contributed by atoms with E-state index < -0.39 is 10.0 Å². The molecule has 108 valence electrons. The van der Waals surface area contributed by atoms with Gasteiger partial charge < -0.3 is 10.1 Å². The Balaban J connectivity index is 1.91. The van der Waals surface area contributed by atoms with E-state index in [2.05, 4.69) is 10.0 Å². The van der Waals surface area contributed by atoms with E-state index in [0.29, 0.717) is 17.4 Å². The third-order valence-electron chi connectivity index (χ3n) is 3.09. The molecule has 1 aliphatic rings. The second-order valence-electron chi connectivity index (χ2n) is 4.67. The molecule has 0 radical (unpaired) electrons. The van der Waals surface area contributed by atoms with Crippen LogP contribution in [0.1, 0.15) is 25.3 Å². The molecule has 0 atom stereocenters. The van der Waals surface area contributed by atoms with E-state index in [4.69, 9.17) is 4.74 Å². The van der Waals surface area contributed by atoms with Gasteiger partial charge in [-0.1, -0.05) is 0 Å². The highest BCUT2D eigenvalue weighted by Crippen LogP contribution is 2.27. The maximum absolute atomic E-state index is 12.2. The zero-order valence-electron chi connectivity index (χ0n) is 11.2. The molecule has 0 bridgehead atoms. The van der Waals surface area contributed by atoms with Gasteiger partial charge in [-0.25, -0.2) is 13.1 Å². The van der Waals surface area contributed by atoms with E-state index in [1.165, 1.54) is 11.3 Å². The second kappa shape index (κ2) is 6.32. The summed E-state index contributed by atoms with van der Waals surface area (Å²) in [6, 6.07) is 1.73. The van der Waals surface area contributed by atoms with Crippen LogP contribution in [0.15, 0.2) is 15.7 Å². The largest absolute Gasteiger partial charge is 0.378 e. The van der Waals surface area contributed by atoms with E-state index >= 15 is 0 Å². The summed E-state index contributed by atoms with van der Waals surface area (Å²) >= 11 is 1.26. The molecule has 0 spiro atoms. The lowest BCUT2D eigenvalue weighted by atomic mass is 9.90. The topological polar surface area (TPSA) is 67.4 Å². The molecule has 2 N–H and O–H groups in total. The lowest BCUT2D eigenvalue weighted by molar-refractivity contribution is -0.00474. The van der Waals surface area contributed by atoms with Crippen LogP contribution in [0.5, 0.6) is 0 Å². The highest BCUT2D eigenvalue weighted by atomic mass is 32.2. The van der Waals surface area contributed by atoms with Gasteiger partial charge in [0, 0.05) is 19.2 Å². The predicted octanol–water partition coefficient (Wildman–Crippen LogP) is 1.31. The predicted molar refractivity (Wildman–Crippen MR) is 75.8 cm³/mol. The van der Waals surface area contributed by atoms with Gasteiger partial charge in [0.25, 0.3) is 0 Å². The molecule has 1 heterocycles. The number of hydrogen-bond acceptors (Lipinski definition) is 5. The molecular weight excluding hydrogens is 284 g/mol. The van der Waals surface area contributed by atoms with Gasteiger partial charge in [-0.15, -0.1) is 11.3 Å². The number of thiophene rings is 1. The maximum atomic E-state index is 12.2. The molecule has 1 fully saturated rings. The minimum Gasteiger partial charge on any atom is -0.378 e. The van der Waals surface area contributed by atoms with Crippen LogP contribution >= 0.6 is 11.3 Å². The quantitative estimate of drug-likeness (QED) is 0.797. The number of hydrogen-bond donors (Lipinski definition) is 2. The zero-order valence-corrected chi connectivity index (χ0v) is 12.8. The molecule has 0 amide bonds. The van der Waals surface area contributed by atoms with E-state index in [1.807, 2.05) is 19.4 Å². The van der Waals surface area contributed by atoms with Crippen LogP contribution in [0, 0.1) is 0 Å². The van der Waals surface area contributed by atoms with Crippen LogP contribution in [-0.4, -0.2) is 34.2 Å². The van der Waals surface area contributed by atoms with Gasteiger partial charge in [-0.2, -0.15) is 0 Å². The van der Waals surface area contributed by atoms with Gasteiger partial charge in [0.15, 0.2) is 0 Å². The van der Waals surface area contributed by atoms with Gasteiger partial charge >= 0.3 is 0 Å². The Kier molecular flexibility index (Phi) is 4.97. The fraction of sp³-hybridized carbons (Fsp3) is 0.667. The number of nitrogens with one attached hydrogen (secondary N) is 2. The van der Waals surface area contributed by atoms with Crippen molar-refractivity contribution in [1.29, 1.82) is 0 Å². The standard InChI is InChI=1S/C12H20N2O3S2/c1-3-17-11-5-10(6-11)14-19(15,16)12-4-9(7-13-2)8-18-12/h4,8,10-11,13-14H,3,5-7H2,1-2H3. The summed E-state index contributed by atoms with van der Waals surface area (Å²) < 4.78 is 32.9. The van der Waals surface area contributed by atoms with Crippen molar-refractivity contribution < 1.29 is 13.2 Å². The molecule has 2 rings (SSSR count). The summed E-state index contributed by atoms with van der Waals surface area (Å²) in [6.07, 6.45) is 1.74. The van der Waals surface area contributed by atoms with Crippen molar-refractivity contribution >= 4 is 21.4 Å². The van der Waals surface area contributed by atoms with Crippen molar-refractivity contribution in [2.45, 2.75) is 42.7 Å². The number of rotatable bonds is 7. The summed E-state index contributed by atoms with van der Waals surface area (Å²) in [5.74, 6) is 0. The third-order valence-corrected chi connectivity index (χ3v) is 6.10. The van der Waals surface area contributed by atoms with Crippen LogP contribution in [0.4, 0.5) is 0 Å². The van der Waals surface area contributed by atoms with E-state index in [0.717, 1.165) is 18.4 Å². The van der Waals surface area contributed by atoms with Crippen molar-refractivity contribution in [3.8, 4) is 0 Å². The third kappa shape index (κ3) is 3.76. The first-order chi connectivity index (χ1) is 9.05. The van der Waals surface area contributed by atoms with Crippen molar-refractivity contribution in [2.75, 3.05) is 13.7 Å². The van der Waals surface area contributed by atoms with Gasteiger partial charge in [-0.3, -0.25) is 0 Å². The van der Waals surface area contributed by atoms with Gasteiger partial charge in [-0.05, 0) is 43.8 Å². The van der Waals surface area contributed by atoms with Crippen molar-refractivity contribution in [3.05, 3.63) is 17.0 Å². The molecule has 1 aromatic heterocycles. The average Bonchev–Trinajstić information content (AvgIpc) is 2.76. The Bertz CT molecular complexity index is 507. The zero-order chi connectivity index (χ0) is 13.9. The van der Waals surface area contributed by atoms with Crippen LogP contribution < -0.4 is 10.0 Å². The fourth-order valence-electron chi connectivity index (χ4n) is 2.10. The SMILES string of the molecule is CCOC1CC(NS(=O)(=O)c2cc(CNC)cs2)C1. The lowest BCUT2D eigenvalue weighted by Gasteiger charge is -2.34. The Morgan fingerprint density at radius 3 is 2.84 bits per heavy atom. The lowest BCUT2D eigenvalue weighted by Crippen LogP contribution is -2.47. The Morgan fingerprint density at radius 1 is 1.47 bits per heavy atom. The van der Waals surface area contributed by atoms with E-state index in [-0.39, 0.29) is 12.1 Å². The summed E-state index contributed by atoms with van der Waals surface area (Å²) in [4.78, 5) is 0. The molecule has 0 aliphatic heterocycles. The van der Waals surface area contributed by atoms with Crippen molar-refractivity contribution in [2.24, 2.45) is 0 Å². The second-order valence-corrected chi connectivity index (χ2v) is 7.52. The van der Waals surface area contributed by atoms with Gasteiger partial charge in [0.05, 0.1) is 6.10 Å². The summed E-state index contributed by atoms with van der Waals surface area (Å²) in [5, 5.41) is 4.88. The van der Waals surface area contributed by atoms with Crippen LogP contribution in [0.2, 0.25) is 0 Å². The first kappa shape index (κ1) is 14.9. The molecule has 1 aliphatic carbocycles. The number of ether oxygens (including phenoxy) is 1. The Labute approximate surface area is 118 Å². The summed E-state index contributed by atoms with van der Waals surface area (Å²) in [7, 11) is -1.53. The first-order valence-electron chi connectivity index (χ1n) is 6.41. The average molecular weight is 304 g/mol. The Hall–Kier alpha value is -0.470. The highest BCUT2D eigenvalue weighted by molar-refractivity contribution is 7.91. The number of sulfonamides is 1. The fourth-order valence-corrected chi connectivity index (χ4v) is 4.59. The molecule has 0 unspecified atom stereocenters. The molecule has 5 nitrogen and oxygen atoms in total. The minimum atomic E-state index is -3.37. The van der Waals surface area contributed by atoms with Crippen LogP contribution in [-0.2, 0) is 21.3 Å². The molecule has 0 saturated heterocycles. The van der Waals surface area contributed by atoms with Gasteiger partial charge in [0.2, 0.25) is 10.0 Å². The molecule has 0 aromatic carbocycles. The molecular formula is C12H20N2O3S2. The van der Waals surface area contributed by atoms with Crippen LogP contribution in [0.3, 0.4) is 0 Å². The van der Waals surface area contributed by atoms with Crippen LogP contribution in [0.25, 0.3) is 0 Å². The molecule has 1 saturated carbocycles. The normalized spacial score (nSPS) is 23.3. The summed E-state index contributed by atoms with van der Waals surface area (Å²) in [6.45, 7) is 3.32. The monoisotopic (exact) mass is 304 g/mol. The molecule has 19 heavy (non-hydrogen) atoms. The van der Waals surface area contributed by atoms with E-state index in [1.54, 1.807) is 6.07 Å². The summed E-state index contributed by atoms with van der Waals surface area (Å²) in [5.41, 5.74) is 0.994. The van der Waals surface area contributed by atoms with Gasteiger partial charge in [0.1, 0.15) is 4.21 Å². The minimum absolute atomic E-state index is 0.0106. The smallest absolute Gasteiger partial charge is 0.250 e. The molecule has 7 heteroatoms. The first-order valence-corrected chi connectivity index (χ1v) is 8.77. The maximum Gasteiger partial charge on any atom is 0.250 e.